The van der Waals surface area contributed by atoms with E-state index in [0.29, 0.717) is 42.7 Å². The Hall–Kier alpha value is -1.95. The third kappa shape index (κ3) is 5.02. The summed E-state index contributed by atoms with van der Waals surface area (Å²) < 4.78 is 34.5. The number of hydrogen-bond acceptors (Lipinski definition) is 7. The molecular formula is C19H27N5O4S2. The molecule has 0 radical (unpaired) electrons. The summed E-state index contributed by atoms with van der Waals surface area (Å²) in [7, 11) is -1.77. The fourth-order valence-electron chi connectivity index (χ4n) is 3.16. The van der Waals surface area contributed by atoms with Gasteiger partial charge in [-0.25, -0.2) is 8.42 Å². The average Bonchev–Trinajstić information content (AvgIpc) is 3.09. The molecule has 2 heterocycles. The summed E-state index contributed by atoms with van der Waals surface area (Å²) in [5.74, 6) is 0.996. The van der Waals surface area contributed by atoms with E-state index in [2.05, 4.69) is 15.5 Å². The Kier molecular flexibility index (Phi) is 7.17. The molecule has 1 aromatic heterocycles. The molecule has 164 valence electrons. The zero-order chi connectivity index (χ0) is 21.9. The fourth-order valence-corrected chi connectivity index (χ4v) is 5.54. The van der Waals surface area contributed by atoms with Crippen LogP contribution in [-0.2, 0) is 26.6 Å². The van der Waals surface area contributed by atoms with Gasteiger partial charge in [0.05, 0.1) is 23.9 Å². The molecule has 3 rings (SSSR count). The van der Waals surface area contributed by atoms with Crippen molar-refractivity contribution in [1.29, 1.82) is 0 Å². The minimum atomic E-state index is -3.64. The van der Waals surface area contributed by atoms with Crippen LogP contribution in [0.4, 0.5) is 5.69 Å². The number of aryl methyl sites for hydroxylation is 1. The van der Waals surface area contributed by atoms with Crippen LogP contribution in [0.15, 0.2) is 28.3 Å². The molecule has 9 nitrogen and oxygen atoms in total. The second kappa shape index (κ2) is 9.46. The van der Waals surface area contributed by atoms with Crippen molar-refractivity contribution in [1.82, 2.24) is 19.1 Å². The lowest BCUT2D eigenvalue weighted by Crippen LogP contribution is -2.40. The highest BCUT2D eigenvalue weighted by atomic mass is 32.2. The molecule has 1 N–H and O–H groups in total. The Morgan fingerprint density at radius 1 is 1.27 bits per heavy atom. The minimum absolute atomic E-state index is 0.142. The highest BCUT2D eigenvalue weighted by Gasteiger charge is 2.28. The van der Waals surface area contributed by atoms with Crippen LogP contribution < -0.4 is 5.32 Å². The first-order valence-corrected chi connectivity index (χ1v) is 12.1. The van der Waals surface area contributed by atoms with Crippen molar-refractivity contribution in [2.24, 2.45) is 7.05 Å². The molecule has 1 aliphatic rings. The third-order valence-electron chi connectivity index (χ3n) is 4.78. The Balaban J connectivity index is 1.68. The van der Waals surface area contributed by atoms with Gasteiger partial charge >= 0.3 is 0 Å². The van der Waals surface area contributed by atoms with Crippen LogP contribution in [0.1, 0.15) is 31.2 Å². The van der Waals surface area contributed by atoms with Gasteiger partial charge in [-0.05, 0) is 24.6 Å². The van der Waals surface area contributed by atoms with Crippen LogP contribution in [0.3, 0.4) is 0 Å². The van der Waals surface area contributed by atoms with Gasteiger partial charge in [-0.15, -0.1) is 10.2 Å². The van der Waals surface area contributed by atoms with Crippen molar-refractivity contribution in [3.05, 3.63) is 29.6 Å². The highest BCUT2D eigenvalue weighted by molar-refractivity contribution is 7.99. The standard InChI is InChI=1S/C19H27N5O4S2/c1-13(2)18-21-22-19(23(18)4)29-12-17(25)20-15-6-5-14(3)16(11-15)30(26,27)24-7-9-28-10-8-24/h5-6,11,13H,7-10,12H2,1-4H3,(H,20,25). The van der Waals surface area contributed by atoms with E-state index in [4.69, 9.17) is 4.74 Å². The molecule has 0 aliphatic carbocycles. The monoisotopic (exact) mass is 453 g/mol. The summed E-state index contributed by atoms with van der Waals surface area (Å²) in [5.41, 5.74) is 1.08. The molecule has 0 spiro atoms. The lowest BCUT2D eigenvalue weighted by atomic mass is 10.2. The SMILES string of the molecule is Cc1ccc(NC(=O)CSc2nnc(C(C)C)n2C)cc1S(=O)(=O)N1CCOCC1. The lowest BCUT2D eigenvalue weighted by Gasteiger charge is -2.26. The number of anilines is 1. The van der Waals surface area contributed by atoms with Crippen molar-refractivity contribution in [2.75, 3.05) is 37.4 Å². The summed E-state index contributed by atoms with van der Waals surface area (Å²) in [6.07, 6.45) is 0. The van der Waals surface area contributed by atoms with E-state index in [0.717, 1.165) is 5.82 Å². The molecule has 0 atom stereocenters. The average molecular weight is 454 g/mol. The zero-order valence-corrected chi connectivity index (χ0v) is 19.2. The first-order valence-electron chi connectivity index (χ1n) is 9.70. The number of amides is 1. The maximum Gasteiger partial charge on any atom is 0.243 e. The molecule has 1 aromatic carbocycles. The number of aromatic nitrogens is 3. The maximum absolute atomic E-state index is 13.0. The fraction of sp³-hybridized carbons (Fsp3) is 0.526. The Morgan fingerprint density at radius 3 is 2.60 bits per heavy atom. The summed E-state index contributed by atoms with van der Waals surface area (Å²) >= 11 is 1.29. The van der Waals surface area contributed by atoms with Crippen LogP contribution in [0.2, 0.25) is 0 Å². The molecule has 1 aliphatic heterocycles. The molecule has 0 unspecified atom stereocenters. The van der Waals surface area contributed by atoms with Gasteiger partial charge in [0.2, 0.25) is 15.9 Å². The molecule has 1 saturated heterocycles. The first kappa shape index (κ1) is 22.7. The van der Waals surface area contributed by atoms with Crippen LogP contribution in [0.25, 0.3) is 0 Å². The molecule has 30 heavy (non-hydrogen) atoms. The van der Waals surface area contributed by atoms with Crippen molar-refractivity contribution < 1.29 is 17.9 Å². The highest BCUT2D eigenvalue weighted by Crippen LogP contribution is 2.25. The normalized spacial score (nSPS) is 15.5. The predicted molar refractivity (Wildman–Crippen MR) is 115 cm³/mol. The van der Waals surface area contributed by atoms with E-state index in [-0.39, 0.29) is 22.5 Å². The maximum atomic E-state index is 13.0. The van der Waals surface area contributed by atoms with Gasteiger partial charge in [0.1, 0.15) is 5.82 Å². The number of morpholine rings is 1. The van der Waals surface area contributed by atoms with Gasteiger partial charge in [-0.2, -0.15) is 4.31 Å². The number of carbonyl (C=O) groups excluding carboxylic acids is 1. The quantitative estimate of drug-likeness (QED) is 0.639. The molecule has 11 heteroatoms. The number of carbonyl (C=O) groups is 1. The second-order valence-electron chi connectivity index (χ2n) is 7.39. The smallest absolute Gasteiger partial charge is 0.243 e. The Morgan fingerprint density at radius 2 is 1.97 bits per heavy atom. The van der Waals surface area contributed by atoms with E-state index in [1.165, 1.54) is 22.1 Å². The van der Waals surface area contributed by atoms with E-state index in [1.54, 1.807) is 19.1 Å². The van der Waals surface area contributed by atoms with Gasteiger partial charge in [-0.1, -0.05) is 31.7 Å². The Bertz CT molecular complexity index is 1010. The number of nitrogens with one attached hydrogen (secondary N) is 1. The number of thioether (sulfide) groups is 1. The van der Waals surface area contributed by atoms with Crippen LogP contribution in [0.5, 0.6) is 0 Å². The zero-order valence-electron chi connectivity index (χ0n) is 17.6. The van der Waals surface area contributed by atoms with E-state index < -0.39 is 10.0 Å². The van der Waals surface area contributed by atoms with Gasteiger partial charge in [-0.3, -0.25) is 4.79 Å². The number of rotatable bonds is 7. The summed E-state index contributed by atoms with van der Waals surface area (Å²) in [5, 5.41) is 11.7. The van der Waals surface area contributed by atoms with Crippen molar-refractivity contribution in [3.63, 3.8) is 0 Å². The molecular weight excluding hydrogens is 426 g/mol. The van der Waals surface area contributed by atoms with Crippen LogP contribution in [0, 0.1) is 6.92 Å². The van der Waals surface area contributed by atoms with Gasteiger partial charge in [0, 0.05) is 31.7 Å². The summed E-state index contributed by atoms with van der Waals surface area (Å²) in [4.78, 5) is 12.6. The molecule has 2 aromatic rings. The predicted octanol–water partition coefficient (Wildman–Crippen LogP) is 2.00. The third-order valence-corrected chi connectivity index (χ3v) is 7.84. The molecule has 0 saturated carbocycles. The first-order chi connectivity index (χ1) is 14.2. The van der Waals surface area contributed by atoms with E-state index in [9.17, 15) is 13.2 Å². The van der Waals surface area contributed by atoms with E-state index in [1.807, 2.05) is 25.5 Å². The number of sulfonamides is 1. The van der Waals surface area contributed by atoms with Crippen LogP contribution in [-0.4, -0.2) is 65.5 Å². The largest absolute Gasteiger partial charge is 0.379 e. The lowest BCUT2D eigenvalue weighted by molar-refractivity contribution is -0.113. The van der Waals surface area contributed by atoms with Crippen molar-refractivity contribution in [3.8, 4) is 0 Å². The summed E-state index contributed by atoms with van der Waals surface area (Å²) in [6, 6.07) is 4.92. The summed E-state index contributed by atoms with van der Waals surface area (Å²) in [6.45, 7) is 7.22. The molecule has 1 amide bonds. The van der Waals surface area contributed by atoms with Gasteiger partial charge in [0.15, 0.2) is 5.16 Å². The number of benzene rings is 1. The van der Waals surface area contributed by atoms with Crippen molar-refractivity contribution >= 4 is 33.4 Å². The van der Waals surface area contributed by atoms with E-state index >= 15 is 0 Å². The topological polar surface area (TPSA) is 106 Å². The van der Waals surface area contributed by atoms with Crippen molar-refractivity contribution in [2.45, 2.75) is 36.7 Å². The minimum Gasteiger partial charge on any atom is -0.379 e. The second-order valence-corrected chi connectivity index (χ2v) is 10.2. The van der Waals surface area contributed by atoms with Gasteiger partial charge in [0.25, 0.3) is 0 Å². The van der Waals surface area contributed by atoms with Gasteiger partial charge < -0.3 is 14.6 Å². The molecule has 0 bridgehead atoms. The van der Waals surface area contributed by atoms with Crippen LogP contribution >= 0.6 is 11.8 Å². The molecule has 1 fully saturated rings. The number of nitrogens with zero attached hydrogens (tertiary/aromatic N) is 4. The Labute approximate surface area is 181 Å². The number of hydrogen-bond donors (Lipinski definition) is 1. The number of ether oxygens (including phenoxy) is 1.